The fraction of sp³-hybridized carbons (Fsp3) is 0.524. The first-order chi connectivity index (χ1) is 13.9. The van der Waals surface area contributed by atoms with Gasteiger partial charge in [-0.25, -0.2) is 4.79 Å². The Balaban J connectivity index is 1.34. The number of amides is 4. The second-order valence-corrected chi connectivity index (χ2v) is 7.61. The van der Waals surface area contributed by atoms with Crippen LogP contribution in [-0.2, 0) is 25.5 Å². The van der Waals surface area contributed by atoms with Crippen molar-refractivity contribution in [2.45, 2.75) is 51.0 Å². The van der Waals surface area contributed by atoms with Crippen LogP contribution in [0.5, 0.6) is 0 Å². The molecule has 2 fully saturated rings. The largest absolute Gasteiger partial charge is 0.456 e. The van der Waals surface area contributed by atoms with Crippen LogP contribution in [0.3, 0.4) is 0 Å². The summed E-state index contributed by atoms with van der Waals surface area (Å²) in [5.41, 5.74) is 1.53. The van der Waals surface area contributed by atoms with Gasteiger partial charge in [0.25, 0.3) is 11.8 Å². The molecule has 0 aromatic heterocycles. The highest BCUT2D eigenvalue weighted by atomic mass is 16.5. The van der Waals surface area contributed by atoms with E-state index in [2.05, 4.69) is 10.6 Å². The molecule has 1 heterocycles. The fourth-order valence-electron chi connectivity index (χ4n) is 3.90. The van der Waals surface area contributed by atoms with Crippen molar-refractivity contribution in [1.82, 2.24) is 15.5 Å². The summed E-state index contributed by atoms with van der Waals surface area (Å²) in [6, 6.07) is 7.47. The van der Waals surface area contributed by atoms with E-state index < -0.39 is 17.5 Å². The molecule has 1 saturated heterocycles. The van der Waals surface area contributed by atoms with Crippen LogP contribution in [0.1, 0.15) is 43.2 Å². The van der Waals surface area contributed by atoms with Gasteiger partial charge in [0.15, 0.2) is 6.61 Å². The van der Waals surface area contributed by atoms with E-state index in [1.54, 1.807) is 0 Å². The Kier molecular flexibility index (Phi) is 6.51. The van der Waals surface area contributed by atoms with Crippen LogP contribution < -0.4 is 10.6 Å². The Labute approximate surface area is 170 Å². The van der Waals surface area contributed by atoms with Crippen LogP contribution in [0.25, 0.3) is 0 Å². The third kappa shape index (κ3) is 4.93. The highest BCUT2D eigenvalue weighted by Crippen LogP contribution is 2.35. The van der Waals surface area contributed by atoms with Gasteiger partial charge in [-0.1, -0.05) is 37.1 Å². The van der Waals surface area contributed by atoms with E-state index in [-0.39, 0.29) is 31.4 Å². The number of esters is 1. The molecule has 29 heavy (non-hydrogen) atoms. The summed E-state index contributed by atoms with van der Waals surface area (Å²) in [6.45, 7) is 2.04. The molecule has 1 aliphatic carbocycles. The van der Waals surface area contributed by atoms with E-state index in [0.717, 1.165) is 28.9 Å². The molecule has 1 aliphatic heterocycles. The van der Waals surface area contributed by atoms with Crippen molar-refractivity contribution < 1.29 is 23.9 Å². The summed E-state index contributed by atoms with van der Waals surface area (Å²) in [6.07, 6.45) is 3.65. The van der Waals surface area contributed by atoms with Gasteiger partial charge in [-0.2, -0.15) is 0 Å². The summed E-state index contributed by atoms with van der Waals surface area (Å²) in [5, 5.41) is 5.48. The minimum absolute atomic E-state index is 0.0415. The normalized spacial score (nSPS) is 17.5. The molecule has 0 bridgehead atoms. The Morgan fingerprint density at radius 3 is 2.66 bits per heavy atom. The van der Waals surface area contributed by atoms with E-state index >= 15 is 0 Å². The standard InChI is InChI=1S/C21H27N3O5/c1-15-6-2-3-7-16(15)8-12-22-17(25)14-29-18(26)9-13-24-19(27)21(23-20(24)28)10-4-5-11-21/h2-3,6-7H,4-5,8-14H2,1H3,(H,22,25)(H,23,28). The minimum Gasteiger partial charge on any atom is -0.456 e. The third-order valence-electron chi connectivity index (χ3n) is 5.58. The number of ether oxygens (including phenoxy) is 1. The summed E-state index contributed by atoms with van der Waals surface area (Å²) < 4.78 is 4.96. The van der Waals surface area contributed by atoms with Crippen molar-refractivity contribution in [2.24, 2.45) is 0 Å². The maximum absolute atomic E-state index is 12.5. The molecule has 8 heteroatoms. The number of hydrogen-bond donors (Lipinski definition) is 2. The molecule has 0 unspecified atom stereocenters. The van der Waals surface area contributed by atoms with Crippen LogP contribution >= 0.6 is 0 Å². The Hall–Kier alpha value is -2.90. The molecule has 0 atom stereocenters. The highest BCUT2D eigenvalue weighted by molar-refractivity contribution is 6.07. The zero-order chi connectivity index (χ0) is 20.9. The molecular formula is C21H27N3O5. The van der Waals surface area contributed by atoms with Crippen molar-refractivity contribution >= 4 is 23.8 Å². The summed E-state index contributed by atoms with van der Waals surface area (Å²) in [5.74, 6) is -1.26. The number of hydrogen-bond acceptors (Lipinski definition) is 5. The molecule has 156 valence electrons. The van der Waals surface area contributed by atoms with Crippen molar-refractivity contribution in [3.05, 3.63) is 35.4 Å². The Morgan fingerprint density at radius 2 is 1.93 bits per heavy atom. The van der Waals surface area contributed by atoms with Gasteiger partial charge in [-0.05, 0) is 37.3 Å². The number of nitrogens with one attached hydrogen (secondary N) is 2. The second-order valence-electron chi connectivity index (χ2n) is 7.61. The van der Waals surface area contributed by atoms with Gasteiger partial charge in [0.05, 0.1) is 6.42 Å². The summed E-state index contributed by atoms with van der Waals surface area (Å²) >= 11 is 0. The van der Waals surface area contributed by atoms with Gasteiger partial charge >= 0.3 is 12.0 Å². The molecule has 2 aliphatic rings. The van der Waals surface area contributed by atoms with Gasteiger partial charge in [0, 0.05) is 13.1 Å². The predicted octanol–water partition coefficient (Wildman–Crippen LogP) is 1.45. The zero-order valence-corrected chi connectivity index (χ0v) is 16.7. The monoisotopic (exact) mass is 401 g/mol. The van der Waals surface area contributed by atoms with E-state index in [0.29, 0.717) is 25.8 Å². The molecule has 3 rings (SSSR count). The van der Waals surface area contributed by atoms with Gasteiger partial charge in [0.2, 0.25) is 0 Å². The number of nitrogens with zero attached hydrogens (tertiary/aromatic N) is 1. The van der Waals surface area contributed by atoms with Crippen LogP contribution in [0.2, 0.25) is 0 Å². The van der Waals surface area contributed by atoms with Gasteiger partial charge in [-0.3, -0.25) is 19.3 Å². The lowest BCUT2D eigenvalue weighted by molar-refractivity contribution is -0.149. The SMILES string of the molecule is Cc1ccccc1CCNC(=O)COC(=O)CCN1C(=O)NC2(CCCC2)C1=O. The lowest BCUT2D eigenvalue weighted by atomic mass is 9.98. The molecule has 1 aromatic carbocycles. The number of carbonyl (C=O) groups is 4. The predicted molar refractivity (Wildman–Crippen MR) is 105 cm³/mol. The van der Waals surface area contributed by atoms with Crippen LogP contribution in [0, 0.1) is 6.92 Å². The molecule has 1 aromatic rings. The number of benzene rings is 1. The molecule has 2 N–H and O–H groups in total. The summed E-state index contributed by atoms with van der Waals surface area (Å²) in [4.78, 5) is 49.4. The molecule has 4 amide bonds. The van der Waals surface area contributed by atoms with Crippen molar-refractivity contribution in [2.75, 3.05) is 19.7 Å². The van der Waals surface area contributed by atoms with E-state index in [1.807, 2.05) is 31.2 Å². The maximum Gasteiger partial charge on any atom is 0.325 e. The van der Waals surface area contributed by atoms with Crippen molar-refractivity contribution in [3.63, 3.8) is 0 Å². The fourth-order valence-corrected chi connectivity index (χ4v) is 3.90. The average molecular weight is 401 g/mol. The smallest absolute Gasteiger partial charge is 0.325 e. The van der Waals surface area contributed by atoms with Gasteiger partial charge in [-0.15, -0.1) is 0 Å². The third-order valence-corrected chi connectivity index (χ3v) is 5.58. The van der Waals surface area contributed by atoms with E-state index in [1.165, 1.54) is 0 Å². The van der Waals surface area contributed by atoms with Gasteiger partial charge < -0.3 is 15.4 Å². The first kappa shape index (κ1) is 20.8. The first-order valence-electron chi connectivity index (χ1n) is 10.0. The molecule has 1 spiro atoms. The number of carbonyl (C=O) groups excluding carboxylic acids is 4. The lowest BCUT2D eigenvalue weighted by Gasteiger charge is -2.19. The molecular weight excluding hydrogens is 374 g/mol. The topological polar surface area (TPSA) is 105 Å². The van der Waals surface area contributed by atoms with E-state index in [9.17, 15) is 19.2 Å². The maximum atomic E-state index is 12.5. The Morgan fingerprint density at radius 1 is 1.21 bits per heavy atom. The summed E-state index contributed by atoms with van der Waals surface area (Å²) in [7, 11) is 0. The second kappa shape index (κ2) is 9.07. The van der Waals surface area contributed by atoms with Crippen LogP contribution in [-0.4, -0.2) is 54.0 Å². The minimum atomic E-state index is -0.780. The van der Waals surface area contributed by atoms with Gasteiger partial charge in [0.1, 0.15) is 5.54 Å². The number of urea groups is 1. The average Bonchev–Trinajstić information content (AvgIpc) is 3.25. The number of rotatable bonds is 8. The highest BCUT2D eigenvalue weighted by Gasteiger charge is 2.52. The molecule has 1 saturated carbocycles. The number of imide groups is 1. The van der Waals surface area contributed by atoms with Crippen LogP contribution in [0.15, 0.2) is 24.3 Å². The lowest BCUT2D eigenvalue weighted by Crippen LogP contribution is -2.44. The Bertz CT molecular complexity index is 801. The first-order valence-corrected chi connectivity index (χ1v) is 10.0. The van der Waals surface area contributed by atoms with Crippen molar-refractivity contribution in [3.8, 4) is 0 Å². The van der Waals surface area contributed by atoms with E-state index in [4.69, 9.17) is 4.74 Å². The van der Waals surface area contributed by atoms with Crippen molar-refractivity contribution in [1.29, 1.82) is 0 Å². The van der Waals surface area contributed by atoms with Crippen LogP contribution in [0.4, 0.5) is 4.79 Å². The quantitative estimate of drug-likeness (QED) is 0.507. The number of aryl methyl sites for hydroxylation is 1. The molecule has 0 radical (unpaired) electrons. The molecule has 8 nitrogen and oxygen atoms in total. The zero-order valence-electron chi connectivity index (χ0n) is 16.7.